The number of hydrogen-bond donors (Lipinski definition) is 0. The quantitative estimate of drug-likeness (QED) is 0.778. The number of hydrogen-bond acceptors (Lipinski definition) is 5. The van der Waals surface area contributed by atoms with Gasteiger partial charge in [0.1, 0.15) is 0 Å². The van der Waals surface area contributed by atoms with Crippen molar-refractivity contribution in [3.8, 4) is 0 Å². The second-order valence-electron chi connectivity index (χ2n) is 6.65. The van der Waals surface area contributed by atoms with Crippen molar-refractivity contribution in [2.45, 2.75) is 25.7 Å². The van der Waals surface area contributed by atoms with Crippen LogP contribution in [0.25, 0.3) is 0 Å². The molecule has 1 aliphatic heterocycles. The third kappa shape index (κ3) is 4.75. The highest BCUT2D eigenvalue weighted by molar-refractivity contribution is 7.91. The fraction of sp³-hybridized carbons (Fsp3) is 0.556. The van der Waals surface area contributed by atoms with Crippen LogP contribution in [0.3, 0.4) is 0 Å². The number of carbonyl (C=O) groups excluding carboxylic acids is 2. The van der Waals surface area contributed by atoms with Gasteiger partial charge in [-0.1, -0.05) is 32.9 Å². The first-order chi connectivity index (χ1) is 12.3. The molecule has 1 fully saturated rings. The van der Waals surface area contributed by atoms with Crippen molar-refractivity contribution in [1.82, 2.24) is 9.80 Å². The van der Waals surface area contributed by atoms with Crippen molar-refractivity contribution in [1.29, 1.82) is 0 Å². The topological polar surface area (TPSA) is 84.0 Å². The van der Waals surface area contributed by atoms with Gasteiger partial charge in [0.25, 0.3) is 5.91 Å². The van der Waals surface area contributed by atoms with Crippen molar-refractivity contribution >= 4 is 21.8 Å². The van der Waals surface area contributed by atoms with Gasteiger partial charge < -0.3 is 14.5 Å². The highest BCUT2D eigenvalue weighted by atomic mass is 32.2. The summed E-state index contributed by atoms with van der Waals surface area (Å²) in [4.78, 5) is 28.0. The van der Waals surface area contributed by atoms with Crippen LogP contribution in [-0.4, -0.2) is 68.8 Å². The van der Waals surface area contributed by atoms with E-state index in [9.17, 15) is 18.0 Å². The largest absolute Gasteiger partial charge is 0.449 e. The second-order valence-corrected chi connectivity index (χ2v) is 8.90. The lowest BCUT2D eigenvalue weighted by atomic mass is 10.2. The molecule has 8 heteroatoms. The third-order valence-corrected chi connectivity index (χ3v) is 5.98. The second kappa shape index (κ2) is 8.53. The molecule has 0 spiro atoms. The summed E-state index contributed by atoms with van der Waals surface area (Å²) in [6.45, 7) is 7.26. The molecule has 0 bridgehead atoms. The van der Waals surface area contributed by atoms with Gasteiger partial charge in [-0.05, 0) is 18.1 Å². The molecule has 0 saturated carbocycles. The van der Waals surface area contributed by atoms with E-state index < -0.39 is 9.84 Å². The number of rotatable bonds is 5. The molecule has 1 aromatic carbocycles. The van der Waals surface area contributed by atoms with Crippen LogP contribution in [0, 0.1) is 5.92 Å². The molecule has 1 heterocycles. The predicted molar refractivity (Wildman–Crippen MR) is 97.8 cm³/mol. The van der Waals surface area contributed by atoms with Gasteiger partial charge in [0, 0.05) is 26.2 Å². The first-order valence-electron chi connectivity index (χ1n) is 8.79. The molecule has 26 heavy (non-hydrogen) atoms. The van der Waals surface area contributed by atoms with E-state index in [4.69, 9.17) is 4.74 Å². The molecule has 0 radical (unpaired) electrons. The molecule has 0 aliphatic carbocycles. The van der Waals surface area contributed by atoms with Crippen LogP contribution in [0.5, 0.6) is 0 Å². The van der Waals surface area contributed by atoms with Gasteiger partial charge in [-0.15, -0.1) is 0 Å². The van der Waals surface area contributed by atoms with E-state index in [-0.39, 0.29) is 34.1 Å². The first kappa shape index (κ1) is 20.2. The number of carbonyl (C=O) groups is 2. The molecule has 2 rings (SSSR count). The highest BCUT2D eigenvalue weighted by Crippen LogP contribution is 2.20. The van der Waals surface area contributed by atoms with Crippen molar-refractivity contribution < 1.29 is 22.7 Å². The highest BCUT2D eigenvalue weighted by Gasteiger charge is 2.28. The van der Waals surface area contributed by atoms with Gasteiger partial charge in [0.2, 0.25) is 0 Å². The number of sulfone groups is 1. The average molecular weight is 382 g/mol. The number of ether oxygens (including phenoxy) is 1. The van der Waals surface area contributed by atoms with E-state index in [2.05, 4.69) is 0 Å². The fourth-order valence-corrected chi connectivity index (χ4v) is 3.75. The third-order valence-electron chi connectivity index (χ3n) is 4.20. The smallest absolute Gasteiger partial charge is 0.409 e. The minimum absolute atomic E-state index is 0.0614. The van der Waals surface area contributed by atoms with E-state index in [0.717, 1.165) is 0 Å². The number of amides is 2. The normalized spacial score (nSPS) is 15.2. The zero-order valence-electron chi connectivity index (χ0n) is 15.5. The molecular weight excluding hydrogens is 356 g/mol. The minimum Gasteiger partial charge on any atom is -0.449 e. The van der Waals surface area contributed by atoms with Gasteiger partial charge in [-0.3, -0.25) is 4.79 Å². The van der Waals surface area contributed by atoms with E-state index >= 15 is 0 Å². The van der Waals surface area contributed by atoms with Crippen LogP contribution in [0.2, 0.25) is 0 Å². The first-order valence-corrected chi connectivity index (χ1v) is 10.4. The van der Waals surface area contributed by atoms with Gasteiger partial charge in [-0.2, -0.15) is 0 Å². The van der Waals surface area contributed by atoms with Crippen molar-refractivity contribution in [3.63, 3.8) is 0 Å². The molecule has 7 nitrogen and oxygen atoms in total. The summed E-state index contributed by atoms with van der Waals surface area (Å²) >= 11 is 0. The maximum atomic E-state index is 12.8. The Morgan fingerprint density at radius 3 is 2.23 bits per heavy atom. The molecule has 0 aromatic heterocycles. The lowest BCUT2D eigenvalue weighted by Gasteiger charge is -2.34. The Morgan fingerprint density at radius 2 is 1.65 bits per heavy atom. The molecule has 0 unspecified atom stereocenters. The van der Waals surface area contributed by atoms with E-state index in [1.54, 1.807) is 28.9 Å². The zero-order valence-corrected chi connectivity index (χ0v) is 16.3. The molecule has 144 valence electrons. The van der Waals surface area contributed by atoms with Gasteiger partial charge in [0.05, 0.1) is 22.8 Å². The summed E-state index contributed by atoms with van der Waals surface area (Å²) in [6.07, 6.45) is -0.375. The summed E-state index contributed by atoms with van der Waals surface area (Å²) in [5.41, 5.74) is 0.185. The number of benzene rings is 1. The molecule has 1 aromatic rings. The van der Waals surface area contributed by atoms with E-state index in [1.807, 2.05) is 13.8 Å². The van der Waals surface area contributed by atoms with Gasteiger partial charge >= 0.3 is 6.09 Å². The van der Waals surface area contributed by atoms with Crippen LogP contribution >= 0.6 is 0 Å². The summed E-state index contributed by atoms with van der Waals surface area (Å²) in [5, 5.41) is 0. The van der Waals surface area contributed by atoms with Crippen LogP contribution in [0.1, 0.15) is 31.1 Å². The van der Waals surface area contributed by atoms with Gasteiger partial charge in [0.15, 0.2) is 9.84 Å². The van der Waals surface area contributed by atoms with Crippen molar-refractivity contribution in [2.24, 2.45) is 5.92 Å². The Morgan fingerprint density at radius 1 is 1.08 bits per heavy atom. The van der Waals surface area contributed by atoms with Crippen LogP contribution in [-0.2, 0) is 14.6 Å². The maximum absolute atomic E-state index is 12.8. The Balaban J connectivity index is 2.05. The molecule has 1 saturated heterocycles. The summed E-state index contributed by atoms with van der Waals surface area (Å²) < 4.78 is 29.7. The average Bonchev–Trinajstić information content (AvgIpc) is 2.65. The number of nitrogens with zero attached hydrogens (tertiary/aromatic N) is 2. The van der Waals surface area contributed by atoms with E-state index in [0.29, 0.717) is 32.8 Å². The monoisotopic (exact) mass is 382 g/mol. The summed E-state index contributed by atoms with van der Waals surface area (Å²) in [6, 6.07) is 6.27. The zero-order chi connectivity index (χ0) is 19.3. The minimum atomic E-state index is -3.48. The summed E-state index contributed by atoms with van der Waals surface area (Å²) in [5.74, 6) is -0.126. The SMILES string of the molecule is CCS(=O)(=O)c1ccccc1C(=O)N1CCN(C(=O)OCC(C)C)CC1. The Bertz CT molecular complexity index is 753. The Hall–Kier alpha value is -2.09. The fourth-order valence-electron chi connectivity index (χ4n) is 2.66. The van der Waals surface area contributed by atoms with Crippen LogP contribution < -0.4 is 0 Å². The van der Waals surface area contributed by atoms with Crippen LogP contribution in [0.15, 0.2) is 29.2 Å². The van der Waals surface area contributed by atoms with Crippen molar-refractivity contribution in [2.75, 3.05) is 38.5 Å². The molecule has 0 N–H and O–H groups in total. The maximum Gasteiger partial charge on any atom is 0.409 e. The Kier molecular flexibility index (Phi) is 6.63. The Labute approximate surface area is 154 Å². The molecule has 0 atom stereocenters. The standard InChI is InChI=1S/C18H26N2O5S/c1-4-26(23,24)16-8-6-5-7-15(16)17(21)19-9-11-20(12-10-19)18(22)25-13-14(2)3/h5-8,14H,4,9-13H2,1-3H3. The van der Waals surface area contributed by atoms with E-state index in [1.165, 1.54) is 12.1 Å². The van der Waals surface area contributed by atoms with Crippen molar-refractivity contribution in [3.05, 3.63) is 29.8 Å². The predicted octanol–water partition coefficient (Wildman–Crippen LogP) is 2.03. The van der Waals surface area contributed by atoms with Crippen LogP contribution in [0.4, 0.5) is 4.79 Å². The lowest BCUT2D eigenvalue weighted by molar-refractivity contribution is 0.0533. The molecule has 1 aliphatic rings. The summed E-state index contributed by atoms with van der Waals surface area (Å²) in [7, 11) is -3.48. The number of piperazine rings is 1. The molecule has 2 amide bonds. The van der Waals surface area contributed by atoms with Gasteiger partial charge in [-0.25, -0.2) is 13.2 Å². The molecular formula is C18H26N2O5S. The lowest BCUT2D eigenvalue weighted by Crippen LogP contribution is -2.51.